The molecule has 186 valence electrons. The molecule has 0 unspecified atom stereocenters. The van der Waals surface area contributed by atoms with Crippen LogP contribution in [0.2, 0.25) is 0 Å². The zero-order chi connectivity index (χ0) is 23.8. The fourth-order valence-electron chi connectivity index (χ4n) is 4.59. The van der Waals surface area contributed by atoms with Crippen LogP contribution in [0.15, 0.2) is 10.4 Å². The summed E-state index contributed by atoms with van der Waals surface area (Å²) in [5.41, 5.74) is 0. The van der Waals surface area contributed by atoms with Crippen LogP contribution in [0.3, 0.4) is 0 Å². The van der Waals surface area contributed by atoms with Crippen LogP contribution >= 0.6 is 23.1 Å². The second kappa shape index (κ2) is 12.3. The smallest absolute Gasteiger partial charge is 0.411 e. The van der Waals surface area contributed by atoms with Crippen molar-refractivity contribution in [1.29, 1.82) is 0 Å². The van der Waals surface area contributed by atoms with Gasteiger partial charge in [0.15, 0.2) is 5.13 Å². The van der Waals surface area contributed by atoms with Gasteiger partial charge < -0.3 is 14.7 Å². The number of nitrogens with zero attached hydrogens (tertiary/aromatic N) is 2. The van der Waals surface area contributed by atoms with Crippen LogP contribution in [0.4, 0.5) is 23.1 Å². The van der Waals surface area contributed by atoms with E-state index in [0.29, 0.717) is 5.13 Å². The second-order valence-electron chi connectivity index (χ2n) is 8.60. The van der Waals surface area contributed by atoms with Crippen LogP contribution < -0.4 is 5.32 Å². The molecule has 3 rings (SSSR count). The highest BCUT2D eigenvalue weighted by molar-refractivity contribution is 8.01. The number of alkyl halides is 3. The average Bonchev–Trinajstić information content (AvgIpc) is 3.21. The Morgan fingerprint density at radius 3 is 2.45 bits per heavy atom. The first-order valence-electron chi connectivity index (χ1n) is 11.3. The predicted molar refractivity (Wildman–Crippen MR) is 121 cm³/mol. The van der Waals surface area contributed by atoms with E-state index in [1.807, 2.05) is 4.90 Å². The summed E-state index contributed by atoms with van der Waals surface area (Å²) < 4.78 is 42.5. The summed E-state index contributed by atoms with van der Waals surface area (Å²) in [5.74, 6) is -0.908. The molecule has 12 heteroatoms. The quantitative estimate of drug-likeness (QED) is 0.420. The number of aromatic nitrogens is 1. The van der Waals surface area contributed by atoms with Gasteiger partial charge in [0.25, 0.3) is 0 Å². The third-order valence-electron chi connectivity index (χ3n) is 6.07. The Kier molecular flexibility index (Phi) is 9.69. The summed E-state index contributed by atoms with van der Waals surface area (Å²) in [5, 5.41) is 12.1. The number of thiazole rings is 1. The van der Waals surface area contributed by atoms with Gasteiger partial charge in [0, 0.05) is 18.7 Å². The van der Waals surface area contributed by atoms with Gasteiger partial charge in [-0.25, -0.2) is 9.78 Å². The standard InChI is InChI=1S/C21H30F3N3O4S2/c22-21(23,24)13-31-11-14-6-8-16(9-7-14)27(15-4-2-1-3-5-15)20(30)26-19-25-10-18(33-19)32-12-17(28)29/h10,14-16H,1-9,11-13H2,(H,28,29)(H,25,26,30)/t14-,16-. The highest BCUT2D eigenvalue weighted by Gasteiger charge is 2.35. The molecule has 0 aromatic carbocycles. The zero-order valence-corrected chi connectivity index (χ0v) is 19.9. The SMILES string of the molecule is O=C(O)CSc1cnc(NC(=O)N(C2CCCCC2)[C@H]2CC[C@H](COCC(F)(F)F)CC2)s1. The lowest BCUT2D eigenvalue weighted by atomic mass is 9.84. The third kappa shape index (κ3) is 8.64. The van der Waals surface area contributed by atoms with Crippen LogP contribution in [0, 0.1) is 5.92 Å². The van der Waals surface area contributed by atoms with Crippen LogP contribution in [-0.4, -0.2) is 64.2 Å². The van der Waals surface area contributed by atoms with Gasteiger partial charge in [0.05, 0.1) is 16.2 Å². The highest BCUT2D eigenvalue weighted by Crippen LogP contribution is 2.34. The zero-order valence-electron chi connectivity index (χ0n) is 18.3. The lowest BCUT2D eigenvalue weighted by Gasteiger charge is -2.42. The van der Waals surface area contributed by atoms with E-state index < -0.39 is 18.8 Å². The molecule has 1 heterocycles. The van der Waals surface area contributed by atoms with E-state index in [9.17, 15) is 22.8 Å². The molecule has 2 aliphatic rings. The van der Waals surface area contributed by atoms with Gasteiger partial charge in [-0.15, -0.1) is 11.8 Å². The Bertz CT molecular complexity index is 779. The molecular weight excluding hydrogens is 479 g/mol. The molecule has 0 atom stereocenters. The second-order valence-corrected chi connectivity index (χ2v) is 10.9. The highest BCUT2D eigenvalue weighted by atomic mass is 32.2. The van der Waals surface area contributed by atoms with E-state index >= 15 is 0 Å². The molecule has 1 aromatic heterocycles. The van der Waals surface area contributed by atoms with Gasteiger partial charge in [-0.3, -0.25) is 10.1 Å². The molecule has 0 aliphatic heterocycles. The lowest BCUT2D eigenvalue weighted by molar-refractivity contribution is -0.177. The van der Waals surface area contributed by atoms with Crippen LogP contribution in [0.25, 0.3) is 0 Å². The number of anilines is 1. The fraction of sp³-hybridized carbons (Fsp3) is 0.762. The summed E-state index contributed by atoms with van der Waals surface area (Å²) >= 11 is 2.41. The van der Waals surface area contributed by atoms with Crippen LogP contribution in [-0.2, 0) is 9.53 Å². The van der Waals surface area contributed by atoms with Gasteiger partial charge >= 0.3 is 18.2 Å². The summed E-state index contributed by atoms with van der Waals surface area (Å²) in [6, 6.07) is -0.0295. The molecule has 0 bridgehead atoms. The number of carboxylic acid groups (broad SMARTS) is 1. The van der Waals surface area contributed by atoms with E-state index in [0.717, 1.165) is 73.8 Å². The first-order valence-corrected chi connectivity index (χ1v) is 13.1. The number of hydrogen-bond acceptors (Lipinski definition) is 6. The number of carbonyl (C=O) groups excluding carboxylic acids is 1. The van der Waals surface area contributed by atoms with E-state index in [-0.39, 0.29) is 36.4 Å². The first-order chi connectivity index (χ1) is 15.7. The molecule has 7 nitrogen and oxygen atoms in total. The minimum Gasteiger partial charge on any atom is -0.481 e. The monoisotopic (exact) mass is 509 g/mol. The fourth-order valence-corrected chi connectivity index (χ4v) is 6.17. The Hall–Kier alpha value is -1.53. The lowest BCUT2D eigenvalue weighted by Crippen LogP contribution is -2.51. The summed E-state index contributed by atoms with van der Waals surface area (Å²) in [6.07, 6.45) is 5.37. The van der Waals surface area contributed by atoms with E-state index in [4.69, 9.17) is 9.84 Å². The number of aliphatic carboxylic acids is 1. The van der Waals surface area contributed by atoms with Crippen molar-refractivity contribution in [1.82, 2.24) is 9.88 Å². The van der Waals surface area contributed by atoms with Gasteiger partial charge in [0.1, 0.15) is 6.61 Å². The maximum Gasteiger partial charge on any atom is 0.411 e. The molecule has 0 radical (unpaired) electrons. The Morgan fingerprint density at radius 2 is 1.82 bits per heavy atom. The van der Waals surface area contributed by atoms with Crippen molar-refractivity contribution in [2.45, 2.75) is 80.3 Å². The summed E-state index contributed by atoms with van der Waals surface area (Å²) in [7, 11) is 0. The third-order valence-corrected chi connectivity index (χ3v) is 8.16. The van der Waals surface area contributed by atoms with Gasteiger partial charge in [0.2, 0.25) is 0 Å². The maximum absolute atomic E-state index is 13.3. The maximum atomic E-state index is 13.3. The summed E-state index contributed by atoms with van der Waals surface area (Å²) in [6.45, 7) is -1.12. The number of ether oxygens (including phenoxy) is 1. The predicted octanol–water partition coefficient (Wildman–Crippen LogP) is 5.62. The number of rotatable bonds is 9. The Balaban J connectivity index is 1.57. The van der Waals surface area contributed by atoms with Crippen molar-refractivity contribution in [3.63, 3.8) is 0 Å². The van der Waals surface area contributed by atoms with Crippen molar-refractivity contribution >= 4 is 40.2 Å². The molecule has 0 spiro atoms. The number of amides is 2. The van der Waals surface area contributed by atoms with E-state index in [1.165, 1.54) is 11.3 Å². The molecule has 2 aliphatic carbocycles. The largest absolute Gasteiger partial charge is 0.481 e. The molecule has 2 amide bonds. The van der Waals surface area contributed by atoms with Gasteiger partial charge in [-0.05, 0) is 44.4 Å². The number of urea groups is 1. The van der Waals surface area contributed by atoms with Crippen molar-refractivity contribution < 1.29 is 32.6 Å². The minimum absolute atomic E-state index is 0.0350. The molecule has 2 saturated carbocycles. The van der Waals surface area contributed by atoms with Crippen molar-refractivity contribution in [2.24, 2.45) is 5.92 Å². The minimum atomic E-state index is -4.31. The number of halogens is 3. The normalized spacial score (nSPS) is 22.2. The van der Waals surface area contributed by atoms with Crippen molar-refractivity contribution in [3.05, 3.63) is 6.20 Å². The first kappa shape index (κ1) is 26.1. The molecule has 0 saturated heterocycles. The topological polar surface area (TPSA) is 91.8 Å². The molecule has 2 fully saturated rings. The molecule has 2 N–H and O–H groups in total. The number of carboxylic acids is 1. The number of carbonyl (C=O) groups is 2. The van der Waals surface area contributed by atoms with E-state index in [2.05, 4.69) is 10.3 Å². The van der Waals surface area contributed by atoms with E-state index in [1.54, 1.807) is 6.20 Å². The van der Waals surface area contributed by atoms with Crippen LogP contribution in [0.1, 0.15) is 57.8 Å². The van der Waals surface area contributed by atoms with Crippen molar-refractivity contribution in [3.8, 4) is 0 Å². The molecule has 33 heavy (non-hydrogen) atoms. The number of hydrogen-bond donors (Lipinski definition) is 2. The molecule has 1 aromatic rings. The van der Waals surface area contributed by atoms with Gasteiger partial charge in [-0.1, -0.05) is 30.6 Å². The van der Waals surface area contributed by atoms with Crippen LogP contribution in [0.5, 0.6) is 0 Å². The van der Waals surface area contributed by atoms with Gasteiger partial charge in [-0.2, -0.15) is 13.2 Å². The summed E-state index contributed by atoms with van der Waals surface area (Å²) in [4.78, 5) is 30.2. The Morgan fingerprint density at radius 1 is 1.15 bits per heavy atom. The average molecular weight is 510 g/mol. The number of nitrogens with one attached hydrogen (secondary N) is 1. The molecular formula is C21H30F3N3O4S2. The Labute approximate surface area is 199 Å². The number of thioether (sulfide) groups is 1. The van der Waals surface area contributed by atoms with Crippen molar-refractivity contribution in [2.75, 3.05) is 24.3 Å².